The third-order valence-corrected chi connectivity index (χ3v) is 4.71. The van der Waals surface area contributed by atoms with E-state index in [0.29, 0.717) is 12.5 Å². The van der Waals surface area contributed by atoms with Crippen LogP contribution >= 0.6 is 35.3 Å². The second-order valence-electron chi connectivity index (χ2n) is 5.83. The Balaban J connectivity index is 0.00000338. The van der Waals surface area contributed by atoms with Crippen LogP contribution in [0.4, 0.5) is 0 Å². The monoisotopic (exact) mass is 489 g/mol. The second kappa shape index (κ2) is 12.0. The van der Waals surface area contributed by atoms with Gasteiger partial charge in [-0.05, 0) is 52.6 Å². The fraction of sp³-hybridized carbons (Fsp3) is 0.421. The van der Waals surface area contributed by atoms with E-state index in [2.05, 4.69) is 39.0 Å². The van der Waals surface area contributed by atoms with Crippen molar-refractivity contribution in [2.24, 2.45) is 4.99 Å². The summed E-state index contributed by atoms with van der Waals surface area (Å²) in [4.78, 5) is 6.42. The molecule has 2 rings (SSSR count). The first-order valence-corrected chi connectivity index (χ1v) is 9.29. The number of halogens is 1. The first-order valence-electron chi connectivity index (χ1n) is 8.34. The van der Waals surface area contributed by atoms with Gasteiger partial charge in [-0.15, -0.1) is 24.0 Å². The number of ether oxygens (including phenoxy) is 2. The number of methoxy groups -OCH3 is 1. The van der Waals surface area contributed by atoms with Crippen molar-refractivity contribution in [1.82, 2.24) is 10.2 Å². The van der Waals surface area contributed by atoms with Crippen LogP contribution in [-0.2, 0) is 0 Å². The summed E-state index contributed by atoms with van der Waals surface area (Å²) >= 11 is 1.73. The molecule has 0 saturated carbocycles. The van der Waals surface area contributed by atoms with Crippen LogP contribution in [0.15, 0.2) is 46.1 Å². The van der Waals surface area contributed by atoms with Gasteiger partial charge in [-0.3, -0.25) is 4.99 Å². The standard InChI is InChI=1S/C19H27N3O2S.HI/c1-15(16-9-12-25-14-16)13-21-19(20-2)22(3)10-11-24-18-7-5-17(23-4)6-8-18;/h5-9,12,14-15H,10-11,13H2,1-4H3,(H,20,21);1H. The van der Waals surface area contributed by atoms with Crippen molar-refractivity contribution in [3.05, 3.63) is 46.7 Å². The molecule has 1 heterocycles. The smallest absolute Gasteiger partial charge is 0.193 e. The Morgan fingerprint density at radius 2 is 1.92 bits per heavy atom. The Morgan fingerprint density at radius 1 is 1.23 bits per heavy atom. The van der Waals surface area contributed by atoms with Gasteiger partial charge >= 0.3 is 0 Å². The van der Waals surface area contributed by atoms with Crippen LogP contribution in [0.25, 0.3) is 0 Å². The van der Waals surface area contributed by atoms with Crippen LogP contribution in [0.5, 0.6) is 11.5 Å². The lowest BCUT2D eigenvalue weighted by atomic mass is 10.1. The van der Waals surface area contributed by atoms with Gasteiger partial charge < -0.3 is 19.7 Å². The van der Waals surface area contributed by atoms with Crippen LogP contribution in [0, 0.1) is 0 Å². The van der Waals surface area contributed by atoms with Gasteiger partial charge in [-0.2, -0.15) is 11.3 Å². The number of rotatable bonds is 8. The number of guanidine groups is 1. The summed E-state index contributed by atoms with van der Waals surface area (Å²) in [5, 5.41) is 7.74. The van der Waals surface area contributed by atoms with Crippen molar-refractivity contribution in [2.45, 2.75) is 12.8 Å². The van der Waals surface area contributed by atoms with Crippen molar-refractivity contribution >= 4 is 41.3 Å². The van der Waals surface area contributed by atoms with Crippen molar-refractivity contribution in [1.29, 1.82) is 0 Å². The molecule has 0 amide bonds. The SMILES string of the molecule is CN=C(NCC(C)c1ccsc1)N(C)CCOc1ccc(OC)cc1.I. The van der Waals surface area contributed by atoms with Gasteiger partial charge in [0.15, 0.2) is 5.96 Å². The lowest BCUT2D eigenvalue weighted by Crippen LogP contribution is -2.42. The molecule has 1 aromatic carbocycles. The Hall–Kier alpha value is -1.48. The van der Waals surface area contributed by atoms with E-state index < -0.39 is 0 Å². The van der Waals surface area contributed by atoms with Gasteiger partial charge in [0.25, 0.3) is 0 Å². The molecule has 144 valence electrons. The van der Waals surface area contributed by atoms with E-state index in [0.717, 1.165) is 30.5 Å². The Labute approximate surface area is 177 Å². The van der Waals surface area contributed by atoms with Crippen LogP contribution in [-0.4, -0.2) is 51.8 Å². The normalized spacial score (nSPS) is 12.1. The summed E-state index contributed by atoms with van der Waals surface area (Å²) in [6, 6.07) is 9.78. The number of hydrogen-bond acceptors (Lipinski definition) is 4. The molecule has 26 heavy (non-hydrogen) atoms. The number of hydrogen-bond donors (Lipinski definition) is 1. The average molecular weight is 489 g/mol. The third-order valence-electron chi connectivity index (χ3n) is 4.01. The summed E-state index contributed by atoms with van der Waals surface area (Å²) in [7, 11) is 5.48. The van der Waals surface area contributed by atoms with E-state index in [4.69, 9.17) is 9.47 Å². The molecule has 0 aliphatic rings. The first kappa shape index (κ1) is 22.6. The fourth-order valence-electron chi connectivity index (χ4n) is 2.38. The van der Waals surface area contributed by atoms with Gasteiger partial charge in [0.05, 0.1) is 13.7 Å². The quantitative estimate of drug-likeness (QED) is 0.345. The summed E-state index contributed by atoms with van der Waals surface area (Å²) in [6.45, 7) is 4.41. The largest absolute Gasteiger partial charge is 0.497 e. The van der Waals surface area contributed by atoms with E-state index in [1.807, 2.05) is 31.3 Å². The molecule has 0 bridgehead atoms. The van der Waals surface area contributed by atoms with E-state index in [1.165, 1.54) is 5.56 Å². The molecule has 0 aliphatic heterocycles. The molecule has 0 radical (unpaired) electrons. The molecular formula is C19H28IN3O2S. The first-order chi connectivity index (χ1) is 12.1. The molecule has 1 aromatic heterocycles. The minimum Gasteiger partial charge on any atom is -0.497 e. The second-order valence-corrected chi connectivity index (χ2v) is 6.61. The predicted molar refractivity (Wildman–Crippen MR) is 121 cm³/mol. The molecule has 1 atom stereocenters. The van der Waals surface area contributed by atoms with Gasteiger partial charge in [-0.25, -0.2) is 0 Å². The van der Waals surface area contributed by atoms with Crippen LogP contribution < -0.4 is 14.8 Å². The molecule has 0 fully saturated rings. The zero-order valence-electron chi connectivity index (χ0n) is 15.8. The number of nitrogens with one attached hydrogen (secondary N) is 1. The lowest BCUT2D eigenvalue weighted by Gasteiger charge is -2.23. The fourth-order valence-corrected chi connectivity index (χ4v) is 3.16. The Bertz CT molecular complexity index is 647. The maximum atomic E-state index is 5.78. The molecule has 5 nitrogen and oxygen atoms in total. The van der Waals surface area contributed by atoms with Crippen molar-refractivity contribution < 1.29 is 9.47 Å². The molecular weight excluding hydrogens is 461 g/mol. The number of aliphatic imine (C=N–C) groups is 1. The summed E-state index contributed by atoms with van der Waals surface area (Å²) in [5.41, 5.74) is 1.36. The summed E-state index contributed by atoms with van der Waals surface area (Å²) in [5.74, 6) is 2.99. The highest BCUT2D eigenvalue weighted by atomic mass is 127. The maximum Gasteiger partial charge on any atom is 0.193 e. The van der Waals surface area contributed by atoms with Gasteiger partial charge in [0.2, 0.25) is 0 Å². The van der Waals surface area contributed by atoms with Crippen molar-refractivity contribution in [3.63, 3.8) is 0 Å². The predicted octanol–water partition coefficient (Wildman–Crippen LogP) is 4.06. The highest BCUT2D eigenvalue weighted by Gasteiger charge is 2.10. The highest BCUT2D eigenvalue weighted by molar-refractivity contribution is 14.0. The summed E-state index contributed by atoms with van der Waals surface area (Å²) < 4.78 is 10.9. The van der Waals surface area contributed by atoms with E-state index in [9.17, 15) is 0 Å². The number of thiophene rings is 1. The molecule has 1 unspecified atom stereocenters. The van der Waals surface area contributed by atoms with Gasteiger partial charge in [0, 0.05) is 20.6 Å². The molecule has 0 aliphatic carbocycles. The molecule has 2 aromatic rings. The number of benzene rings is 1. The van der Waals surface area contributed by atoms with Crippen LogP contribution in [0.2, 0.25) is 0 Å². The molecule has 0 saturated heterocycles. The Kier molecular flexibility index (Phi) is 10.4. The summed E-state index contributed by atoms with van der Waals surface area (Å²) in [6.07, 6.45) is 0. The van der Waals surface area contributed by atoms with E-state index >= 15 is 0 Å². The highest BCUT2D eigenvalue weighted by Crippen LogP contribution is 2.18. The van der Waals surface area contributed by atoms with Gasteiger partial charge in [-0.1, -0.05) is 6.92 Å². The van der Waals surface area contributed by atoms with Gasteiger partial charge in [0.1, 0.15) is 18.1 Å². The average Bonchev–Trinajstić information content (AvgIpc) is 3.17. The minimum atomic E-state index is 0. The zero-order valence-corrected chi connectivity index (χ0v) is 18.9. The molecule has 0 spiro atoms. The Morgan fingerprint density at radius 3 is 2.50 bits per heavy atom. The maximum absolute atomic E-state index is 5.78. The lowest BCUT2D eigenvalue weighted by molar-refractivity contribution is 0.281. The van der Waals surface area contributed by atoms with Crippen LogP contribution in [0.1, 0.15) is 18.4 Å². The third kappa shape index (κ3) is 7.03. The number of likely N-dealkylation sites (N-methyl/N-ethyl adjacent to an activating group) is 1. The number of nitrogens with zero attached hydrogens (tertiary/aromatic N) is 2. The van der Waals surface area contributed by atoms with Crippen molar-refractivity contribution in [2.75, 3.05) is 40.9 Å². The topological polar surface area (TPSA) is 46.1 Å². The van der Waals surface area contributed by atoms with E-state index in [1.54, 1.807) is 25.5 Å². The molecule has 1 N–H and O–H groups in total. The molecule has 7 heteroatoms. The van der Waals surface area contributed by atoms with Crippen molar-refractivity contribution in [3.8, 4) is 11.5 Å². The minimum absolute atomic E-state index is 0. The zero-order chi connectivity index (χ0) is 18.1. The van der Waals surface area contributed by atoms with Crippen LogP contribution in [0.3, 0.4) is 0 Å². The van der Waals surface area contributed by atoms with E-state index in [-0.39, 0.29) is 24.0 Å².